The minimum absolute atomic E-state index is 0.0422. The van der Waals surface area contributed by atoms with Gasteiger partial charge in [0.05, 0.1) is 18.3 Å². The quantitative estimate of drug-likeness (QED) is 0.697. The maximum Gasteiger partial charge on any atom is 0.325 e. The largest absolute Gasteiger partial charge is 0.369 e. The number of hydrogen-bond donors (Lipinski definition) is 2. The Bertz CT molecular complexity index is 691. The molecule has 23 heavy (non-hydrogen) atoms. The average molecular weight is 316 g/mol. The highest BCUT2D eigenvalue weighted by molar-refractivity contribution is 5.17. The van der Waals surface area contributed by atoms with Gasteiger partial charge in [0, 0.05) is 6.20 Å². The first kappa shape index (κ1) is 17.2. The number of aromatic nitrogens is 2. The molecule has 5 heteroatoms. The highest BCUT2D eigenvalue weighted by Crippen LogP contribution is 2.24. The molecule has 0 spiro atoms. The molecular formula is C18H24N2O3. The summed E-state index contributed by atoms with van der Waals surface area (Å²) in [6.45, 7) is 2.37. The van der Waals surface area contributed by atoms with E-state index in [4.69, 9.17) is 4.74 Å². The summed E-state index contributed by atoms with van der Waals surface area (Å²) in [6, 6.07) is 10.0. The van der Waals surface area contributed by atoms with Gasteiger partial charge in [-0.2, -0.15) is 0 Å². The van der Waals surface area contributed by atoms with Crippen LogP contribution < -0.4 is 11.2 Å². The molecule has 0 saturated heterocycles. The van der Waals surface area contributed by atoms with E-state index in [9.17, 15) is 9.59 Å². The molecule has 1 unspecified atom stereocenters. The van der Waals surface area contributed by atoms with Crippen LogP contribution in [-0.2, 0) is 11.3 Å². The Kier molecular flexibility index (Phi) is 6.81. The lowest BCUT2D eigenvalue weighted by Crippen LogP contribution is -2.25. The van der Waals surface area contributed by atoms with Crippen molar-refractivity contribution in [2.24, 2.45) is 0 Å². The molecular weight excluding hydrogens is 292 g/mol. The first-order chi connectivity index (χ1) is 11.2. The predicted octanol–water partition coefficient (Wildman–Crippen LogP) is 3.29. The average Bonchev–Trinajstić information content (AvgIpc) is 2.56. The lowest BCUT2D eigenvalue weighted by atomic mass is 10.0. The number of unbranched alkanes of at least 4 members (excludes halogenated alkanes) is 3. The molecule has 1 atom stereocenters. The van der Waals surface area contributed by atoms with Crippen molar-refractivity contribution in [1.82, 2.24) is 9.97 Å². The number of ether oxygens (including phenoxy) is 1. The molecule has 124 valence electrons. The molecule has 1 aromatic carbocycles. The van der Waals surface area contributed by atoms with E-state index in [2.05, 4.69) is 16.9 Å². The van der Waals surface area contributed by atoms with Crippen molar-refractivity contribution in [3.05, 3.63) is 68.5 Å². The fraction of sp³-hybridized carbons (Fsp3) is 0.444. The Labute approximate surface area is 135 Å². The standard InChI is InChI=1S/C18H24N2O3/c1-2-3-4-8-11-16(14-9-6-5-7-10-14)23-13-15-12-19-18(22)20-17(15)21/h5-7,9-10,12,16H,2-4,8,11,13H2,1H3,(H2,19,20,21,22). The van der Waals surface area contributed by atoms with Crippen LogP contribution in [0.25, 0.3) is 0 Å². The first-order valence-electron chi connectivity index (χ1n) is 8.18. The van der Waals surface area contributed by atoms with Crippen molar-refractivity contribution < 1.29 is 4.74 Å². The van der Waals surface area contributed by atoms with E-state index in [-0.39, 0.29) is 12.7 Å². The fourth-order valence-electron chi connectivity index (χ4n) is 2.51. The molecule has 1 aromatic heterocycles. The summed E-state index contributed by atoms with van der Waals surface area (Å²) >= 11 is 0. The van der Waals surface area contributed by atoms with Crippen LogP contribution in [0.15, 0.2) is 46.1 Å². The zero-order valence-corrected chi connectivity index (χ0v) is 13.5. The van der Waals surface area contributed by atoms with Gasteiger partial charge in [0.2, 0.25) is 0 Å². The van der Waals surface area contributed by atoms with Crippen LogP contribution in [0, 0.1) is 0 Å². The monoisotopic (exact) mass is 316 g/mol. The third-order valence-electron chi connectivity index (χ3n) is 3.83. The molecule has 0 fully saturated rings. The van der Waals surface area contributed by atoms with Crippen molar-refractivity contribution in [1.29, 1.82) is 0 Å². The summed E-state index contributed by atoms with van der Waals surface area (Å²) in [4.78, 5) is 27.5. The van der Waals surface area contributed by atoms with Crippen LogP contribution >= 0.6 is 0 Å². The first-order valence-corrected chi connectivity index (χ1v) is 8.18. The van der Waals surface area contributed by atoms with Gasteiger partial charge in [0.15, 0.2) is 0 Å². The van der Waals surface area contributed by atoms with Crippen molar-refractivity contribution in [2.75, 3.05) is 0 Å². The van der Waals surface area contributed by atoms with Gasteiger partial charge in [-0.3, -0.25) is 9.78 Å². The zero-order chi connectivity index (χ0) is 16.5. The molecule has 2 aromatic rings. The van der Waals surface area contributed by atoms with E-state index >= 15 is 0 Å². The van der Waals surface area contributed by atoms with Gasteiger partial charge in [-0.15, -0.1) is 0 Å². The van der Waals surface area contributed by atoms with Gasteiger partial charge in [-0.25, -0.2) is 4.79 Å². The smallest absolute Gasteiger partial charge is 0.325 e. The normalized spacial score (nSPS) is 12.2. The van der Waals surface area contributed by atoms with Crippen LogP contribution in [0.5, 0.6) is 0 Å². The molecule has 0 bridgehead atoms. The summed E-state index contributed by atoms with van der Waals surface area (Å²) in [7, 11) is 0. The number of benzene rings is 1. The number of H-pyrrole nitrogens is 2. The molecule has 2 rings (SSSR count). The van der Waals surface area contributed by atoms with Crippen molar-refractivity contribution in [3.63, 3.8) is 0 Å². The number of aromatic amines is 2. The van der Waals surface area contributed by atoms with Crippen molar-refractivity contribution in [3.8, 4) is 0 Å². The molecule has 0 aliphatic heterocycles. The second kappa shape index (κ2) is 9.10. The van der Waals surface area contributed by atoms with E-state index in [1.807, 2.05) is 30.3 Å². The van der Waals surface area contributed by atoms with Gasteiger partial charge in [0.1, 0.15) is 0 Å². The van der Waals surface area contributed by atoms with E-state index in [0.717, 1.165) is 18.4 Å². The molecule has 0 radical (unpaired) electrons. The van der Waals surface area contributed by atoms with Crippen LogP contribution in [0.4, 0.5) is 0 Å². The fourth-order valence-corrected chi connectivity index (χ4v) is 2.51. The van der Waals surface area contributed by atoms with Gasteiger partial charge in [-0.1, -0.05) is 62.9 Å². The van der Waals surface area contributed by atoms with Gasteiger partial charge in [0.25, 0.3) is 5.56 Å². The van der Waals surface area contributed by atoms with Gasteiger partial charge in [-0.05, 0) is 12.0 Å². The molecule has 0 saturated carbocycles. The van der Waals surface area contributed by atoms with Gasteiger partial charge < -0.3 is 9.72 Å². The lowest BCUT2D eigenvalue weighted by Gasteiger charge is -2.18. The van der Waals surface area contributed by atoms with Crippen LogP contribution in [0.1, 0.15) is 56.3 Å². The summed E-state index contributed by atoms with van der Waals surface area (Å²) in [5.41, 5.74) is 0.647. The summed E-state index contributed by atoms with van der Waals surface area (Å²) < 4.78 is 5.97. The van der Waals surface area contributed by atoms with Crippen LogP contribution in [0.3, 0.4) is 0 Å². The van der Waals surface area contributed by atoms with E-state index in [0.29, 0.717) is 5.56 Å². The number of hydrogen-bond acceptors (Lipinski definition) is 3. The second-order valence-corrected chi connectivity index (χ2v) is 5.66. The predicted molar refractivity (Wildman–Crippen MR) is 90.4 cm³/mol. The van der Waals surface area contributed by atoms with E-state index < -0.39 is 11.2 Å². The zero-order valence-electron chi connectivity index (χ0n) is 13.5. The maximum absolute atomic E-state index is 11.7. The van der Waals surface area contributed by atoms with Crippen molar-refractivity contribution in [2.45, 2.75) is 51.7 Å². The summed E-state index contributed by atoms with van der Waals surface area (Å²) in [5, 5.41) is 0. The molecule has 0 amide bonds. The summed E-state index contributed by atoms with van der Waals surface area (Å²) in [5.74, 6) is 0. The molecule has 5 nitrogen and oxygen atoms in total. The Balaban J connectivity index is 2.02. The third-order valence-corrected chi connectivity index (χ3v) is 3.83. The van der Waals surface area contributed by atoms with E-state index in [1.165, 1.54) is 25.5 Å². The number of rotatable bonds is 9. The highest BCUT2D eigenvalue weighted by atomic mass is 16.5. The Morgan fingerprint density at radius 1 is 1.09 bits per heavy atom. The molecule has 0 aliphatic carbocycles. The maximum atomic E-state index is 11.7. The lowest BCUT2D eigenvalue weighted by molar-refractivity contribution is 0.0313. The van der Waals surface area contributed by atoms with Crippen LogP contribution in [-0.4, -0.2) is 9.97 Å². The summed E-state index contributed by atoms with van der Waals surface area (Å²) in [6.07, 6.45) is 6.99. The molecule has 1 heterocycles. The van der Waals surface area contributed by atoms with E-state index in [1.54, 1.807) is 0 Å². The highest BCUT2D eigenvalue weighted by Gasteiger charge is 2.13. The Hall–Kier alpha value is -2.14. The molecule has 2 N–H and O–H groups in total. The Morgan fingerprint density at radius 2 is 1.87 bits per heavy atom. The minimum Gasteiger partial charge on any atom is -0.369 e. The topological polar surface area (TPSA) is 75.0 Å². The second-order valence-electron chi connectivity index (χ2n) is 5.66. The van der Waals surface area contributed by atoms with Crippen LogP contribution in [0.2, 0.25) is 0 Å². The Morgan fingerprint density at radius 3 is 2.57 bits per heavy atom. The van der Waals surface area contributed by atoms with Crippen molar-refractivity contribution >= 4 is 0 Å². The third kappa shape index (κ3) is 5.53. The number of nitrogens with one attached hydrogen (secondary N) is 2. The SMILES string of the molecule is CCCCCCC(OCc1c[nH]c(=O)[nH]c1=O)c1ccccc1. The molecule has 0 aliphatic rings. The van der Waals surface area contributed by atoms with Gasteiger partial charge >= 0.3 is 5.69 Å². The minimum atomic E-state index is -0.502.